The SMILES string of the molecule is C1=NC2=C(C1)CCNCC2. The largest absolute Gasteiger partial charge is 0.316 e. The molecule has 2 aliphatic heterocycles. The number of hydrogen-bond donors (Lipinski definition) is 1. The Bertz CT molecular complexity index is 191. The van der Waals surface area contributed by atoms with Gasteiger partial charge in [-0.15, -0.1) is 0 Å². The second kappa shape index (κ2) is 2.54. The van der Waals surface area contributed by atoms with E-state index in [2.05, 4.69) is 10.3 Å². The van der Waals surface area contributed by atoms with E-state index in [-0.39, 0.29) is 0 Å². The van der Waals surface area contributed by atoms with E-state index < -0.39 is 0 Å². The summed E-state index contributed by atoms with van der Waals surface area (Å²) in [5.41, 5.74) is 2.91. The summed E-state index contributed by atoms with van der Waals surface area (Å²) >= 11 is 0. The summed E-state index contributed by atoms with van der Waals surface area (Å²) in [5.74, 6) is 0. The molecule has 2 heterocycles. The molecule has 0 aromatic rings. The maximum atomic E-state index is 4.33. The average Bonchev–Trinajstić information content (AvgIpc) is 2.28. The van der Waals surface area contributed by atoms with E-state index in [1.807, 2.05) is 6.21 Å². The minimum atomic E-state index is 1.11. The van der Waals surface area contributed by atoms with Crippen molar-refractivity contribution in [3.63, 3.8) is 0 Å². The summed E-state index contributed by atoms with van der Waals surface area (Å²) in [4.78, 5) is 4.33. The fourth-order valence-corrected chi connectivity index (χ4v) is 1.53. The third kappa shape index (κ3) is 0.991. The van der Waals surface area contributed by atoms with Gasteiger partial charge in [-0.3, -0.25) is 4.99 Å². The van der Waals surface area contributed by atoms with Gasteiger partial charge in [0.25, 0.3) is 0 Å². The highest BCUT2D eigenvalue weighted by atomic mass is 14.9. The van der Waals surface area contributed by atoms with E-state index in [0.29, 0.717) is 0 Å². The molecule has 0 atom stereocenters. The van der Waals surface area contributed by atoms with Crippen LogP contribution in [-0.2, 0) is 0 Å². The Balaban J connectivity index is 2.16. The molecule has 0 amide bonds. The van der Waals surface area contributed by atoms with E-state index >= 15 is 0 Å². The average molecular weight is 136 g/mol. The molecule has 0 unspecified atom stereocenters. The Morgan fingerprint density at radius 3 is 3.20 bits per heavy atom. The molecule has 0 spiro atoms. The van der Waals surface area contributed by atoms with E-state index in [1.54, 1.807) is 5.57 Å². The van der Waals surface area contributed by atoms with Crippen molar-refractivity contribution >= 4 is 6.21 Å². The molecule has 0 saturated carbocycles. The molecule has 54 valence electrons. The van der Waals surface area contributed by atoms with Gasteiger partial charge in [0.1, 0.15) is 0 Å². The first-order chi connectivity index (χ1) is 4.97. The summed E-state index contributed by atoms with van der Waals surface area (Å²) < 4.78 is 0. The first-order valence-corrected chi connectivity index (χ1v) is 3.91. The molecule has 2 nitrogen and oxygen atoms in total. The van der Waals surface area contributed by atoms with Gasteiger partial charge in [0, 0.05) is 31.3 Å². The molecule has 1 N–H and O–H groups in total. The molecule has 0 saturated heterocycles. The van der Waals surface area contributed by atoms with Crippen molar-refractivity contribution in [2.45, 2.75) is 19.3 Å². The fraction of sp³-hybridized carbons (Fsp3) is 0.625. The number of nitrogens with one attached hydrogen (secondary N) is 1. The van der Waals surface area contributed by atoms with Crippen molar-refractivity contribution in [1.29, 1.82) is 0 Å². The van der Waals surface area contributed by atoms with Gasteiger partial charge in [-0.05, 0) is 18.5 Å². The Morgan fingerprint density at radius 2 is 2.20 bits per heavy atom. The second-order valence-electron chi connectivity index (χ2n) is 2.82. The van der Waals surface area contributed by atoms with E-state index in [9.17, 15) is 0 Å². The summed E-state index contributed by atoms with van der Waals surface area (Å²) in [7, 11) is 0. The van der Waals surface area contributed by atoms with Crippen LogP contribution in [0.3, 0.4) is 0 Å². The number of hydrogen-bond acceptors (Lipinski definition) is 2. The Labute approximate surface area is 61.0 Å². The molecule has 2 rings (SSSR count). The van der Waals surface area contributed by atoms with Crippen LogP contribution >= 0.6 is 0 Å². The lowest BCUT2D eigenvalue weighted by Gasteiger charge is -1.96. The van der Waals surface area contributed by atoms with Gasteiger partial charge < -0.3 is 5.32 Å². The van der Waals surface area contributed by atoms with Gasteiger partial charge >= 0.3 is 0 Å². The molecule has 2 heteroatoms. The highest BCUT2D eigenvalue weighted by molar-refractivity contribution is 5.67. The van der Waals surface area contributed by atoms with Gasteiger partial charge in [-0.1, -0.05) is 0 Å². The van der Waals surface area contributed by atoms with Gasteiger partial charge in [0.15, 0.2) is 0 Å². The normalized spacial score (nSPS) is 24.8. The molecule has 0 aromatic heterocycles. The minimum absolute atomic E-state index is 1.11. The molecular formula is C8H12N2. The van der Waals surface area contributed by atoms with Crippen molar-refractivity contribution in [2.24, 2.45) is 4.99 Å². The van der Waals surface area contributed by atoms with E-state index in [0.717, 1.165) is 25.9 Å². The minimum Gasteiger partial charge on any atom is -0.316 e. The van der Waals surface area contributed by atoms with Crippen molar-refractivity contribution < 1.29 is 0 Å². The van der Waals surface area contributed by atoms with E-state index in [1.165, 1.54) is 12.1 Å². The summed E-state index contributed by atoms with van der Waals surface area (Å²) in [6.07, 6.45) is 5.48. The van der Waals surface area contributed by atoms with Crippen LogP contribution < -0.4 is 5.32 Å². The molecule has 0 bridgehead atoms. The zero-order chi connectivity index (χ0) is 6.81. The maximum Gasteiger partial charge on any atom is 0.0408 e. The van der Waals surface area contributed by atoms with Crippen LogP contribution in [-0.4, -0.2) is 19.3 Å². The zero-order valence-electron chi connectivity index (χ0n) is 6.06. The topological polar surface area (TPSA) is 24.4 Å². The van der Waals surface area contributed by atoms with Gasteiger partial charge in [-0.25, -0.2) is 0 Å². The van der Waals surface area contributed by atoms with Crippen LogP contribution in [0.25, 0.3) is 0 Å². The molecule has 0 aliphatic carbocycles. The predicted octanol–water partition coefficient (Wildman–Crippen LogP) is 1.10. The predicted molar refractivity (Wildman–Crippen MR) is 42.2 cm³/mol. The first kappa shape index (κ1) is 6.10. The van der Waals surface area contributed by atoms with Crippen molar-refractivity contribution in [2.75, 3.05) is 13.1 Å². The third-order valence-electron chi connectivity index (χ3n) is 2.14. The lowest BCUT2D eigenvalue weighted by Crippen LogP contribution is -2.14. The van der Waals surface area contributed by atoms with Crippen LogP contribution in [0.2, 0.25) is 0 Å². The van der Waals surface area contributed by atoms with Gasteiger partial charge in [0.2, 0.25) is 0 Å². The number of nitrogens with zero attached hydrogens (tertiary/aromatic N) is 1. The summed E-state index contributed by atoms with van der Waals surface area (Å²) in [6, 6.07) is 0. The molecule has 10 heavy (non-hydrogen) atoms. The number of rotatable bonds is 0. The summed E-state index contributed by atoms with van der Waals surface area (Å²) in [5, 5.41) is 3.36. The highest BCUT2D eigenvalue weighted by Crippen LogP contribution is 2.22. The quantitative estimate of drug-likeness (QED) is 0.530. The Morgan fingerprint density at radius 1 is 1.30 bits per heavy atom. The van der Waals surface area contributed by atoms with Crippen molar-refractivity contribution in [3.8, 4) is 0 Å². The maximum absolute atomic E-state index is 4.33. The van der Waals surface area contributed by atoms with Crippen LogP contribution in [0.4, 0.5) is 0 Å². The second-order valence-corrected chi connectivity index (χ2v) is 2.82. The lowest BCUT2D eigenvalue weighted by atomic mass is 10.1. The molecular weight excluding hydrogens is 124 g/mol. The van der Waals surface area contributed by atoms with Crippen LogP contribution in [0, 0.1) is 0 Å². The number of aliphatic imine (C=N–C) groups is 1. The van der Waals surface area contributed by atoms with Crippen LogP contribution in [0.15, 0.2) is 16.3 Å². The van der Waals surface area contributed by atoms with Crippen molar-refractivity contribution in [3.05, 3.63) is 11.3 Å². The third-order valence-corrected chi connectivity index (χ3v) is 2.14. The zero-order valence-corrected chi connectivity index (χ0v) is 6.06. The Kier molecular flexibility index (Phi) is 1.55. The summed E-state index contributed by atoms with van der Waals surface area (Å²) in [6.45, 7) is 2.25. The first-order valence-electron chi connectivity index (χ1n) is 3.91. The standard InChI is InChI=1S/C8H12N2/c1-4-9-5-3-8-7(1)2-6-10-8/h6,9H,1-5H2. The van der Waals surface area contributed by atoms with Gasteiger partial charge in [-0.2, -0.15) is 0 Å². The highest BCUT2D eigenvalue weighted by Gasteiger charge is 2.12. The molecule has 0 fully saturated rings. The monoisotopic (exact) mass is 136 g/mol. The fourth-order valence-electron chi connectivity index (χ4n) is 1.53. The smallest absolute Gasteiger partial charge is 0.0408 e. The van der Waals surface area contributed by atoms with Crippen molar-refractivity contribution in [1.82, 2.24) is 5.32 Å². The molecule has 2 aliphatic rings. The van der Waals surface area contributed by atoms with E-state index in [4.69, 9.17) is 0 Å². The molecule has 0 aromatic carbocycles. The molecule has 0 radical (unpaired) electrons. The Hall–Kier alpha value is -0.630. The van der Waals surface area contributed by atoms with Crippen LogP contribution in [0.5, 0.6) is 0 Å². The lowest BCUT2D eigenvalue weighted by molar-refractivity contribution is 0.703. The van der Waals surface area contributed by atoms with Crippen LogP contribution in [0.1, 0.15) is 19.3 Å². The van der Waals surface area contributed by atoms with Gasteiger partial charge in [0.05, 0.1) is 0 Å².